The largest absolute Gasteiger partial charge is 0.494 e. The molecule has 0 radical (unpaired) electrons. The van der Waals surface area contributed by atoms with Crippen LogP contribution in [0.15, 0.2) is 39.3 Å². The van der Waals surface area contributed by atoms with E-state index in [-0.39, 0.29) is 11.8 Å². The van der Waals surface area contributed by atoms with Crippen LogP contribution in [0, 0.1) is 0 Å². The predicted octanol–water partition coefficient (Wildman–Crippen LogP) is 5.65. The smallest absolute Gasteiger partial charge is 0.253 e. The van der Waals surface area contributed by atoms with Gasteiger partial charge in [0.2, 0.25) is 0 Å². The van der Waals surface area contributed by atoms with Crippen LogP contribution in [0.2, 0.25) is 0 Å². The van der Waals surface area contributed by atoms with Crippen LogP contribution in [0.1, 0.15) is 51.4 Å². The predicted molar refractivity (Wildman–Crippen MR) is 121 cm³/mol. The molecule has 0 atom stereocenters. The monoisotopic (exact) mass is 529 g/mol. The van der Waals surface area contributed by atoms with Crippen LogP contribution in [0.5, 0.6) is 5.75 Å². The number of hydrogen-bond acceptors (Lipinski definition) is 4. The number of imide groups is 1. The first-order chi connectivity index (χ1) is 14.1. The molecule has 0 fully saturated rings. The highest BCUT2D eigenvalue weighted by Gasteiger charge is 2.21. The molecule has 0 aliphatic carbocycles. The number of benzene rings is 1. The Morgan fingerprint density at radius 3 is 1.79 bits per heavy atom. The van der Waals surface area contributed by atoms with E-state index in [1.165, 1.54) is 17.1 Å². The van der Waals surface area contributed by atoms with E-state index in [2.05, 4.69) is 31.9 Å². The summed E-state index contributed by atoms with van der Waals surface area (Å²) in [7, 11) is 0. The summed E-state index contributed by atoms with van der Waals surface area (Å²) in [5.74, 6) is 0.502. The van der Waals surface area contributed by atoms with E-state index in [9.17, 15) is 9.59 Å². The molecule has 2 amide bonds. The Labute approximate surface area is 190 Å². The molecule has 29 heavy (non-hydrogen) atoms. The first-order valence-corrected chi connectivity index (χ1v) is 11.8. The Morgan fingerprint density at radius 1 is 0.690 bits per heavy atom. The molecular weight excluding hydrogens is 502 g/mol. The molecule has 7 heteroatoms. The summed E-state index contributed by atoms with van der Waals surface area (Å²) < 4.78 is 13.5. The van der Waals surface area contributed by atoms with Crippen LogP contribution >= 0.6 is 31.9 Å². The minimum absolute atomic E-state index is 0.189. The lowest BCUT2D eigenvalue weighted by atomic mass is 10.2. The van der Waals surface area contributed by atoms with Crippen molar-refractivity contribution in [2.45, 2.75) is 51.4 Å². The second-order valence-corrected chi connectivity index (χ2v) is 8.89. The van der Waals surface area contributed by atoms with Gasteiger partial charge in [0.15, 0.2) is 0 Å². The van der Waals surface area contributed by atoms with E-state index in [1.807, 2.05) is 18.2 Å². The molecule has 1 aromatic carbocycles. The summed E-state index contributed by atoms with van der Waals surface area (Å²) in [4.78, 5) is 24.1. The van der Waals surface area contributed by atoms with Gasteiger partial charge in [0.25, 0.3) is 11.8 Å². The number of nitrogens with zero attached hydrogens (tertiary/aromatic N) is 1. The molecule has 1 heterocycles. The number of amides is 2. The highest BCUT2D eigenvalue weighted by Crippen LogP contribution is 2.25. The van der Waals surface area contributed by atoms with Crippen molar-refractivity contribution in [3.05, 3.63) is 39.3 Å². The first-order valence-electron chi connectivity index (χ1n) is 10.3. The molecule has 0 spiro atoms. The van der Waals surface area contributed by atoms with E-state index in [0.29, 0.717) is 6.54 Å². The van der Waals surface area contributed by atoms with Gasteiger partial charge in [-0.1, -0.05) is 51.1 Å². The summed E-state index contributed by atoms with van der Waals surface area (Å²) in [6, 6.07) is 5.94. The molecule has 1 aliphatic heterocycles. The molecule has 0 unspecified atom stereocenters. The van der Waals surface area contributed by atoms with Gasteiger partial charge in [-0.2, -0.15) is 0 Å². The highest BCUT2D eigenvalue weighted by molar-refractivity contribution is 9.11. The van der Waals surface area contributed by atoms with Gasteiger partial charge in [-0.25, -0.2) is 0 Å². The van der Waals surface area contributed by atoms with E-state index in [1.54, 1.807) is 0 Å². The van der Waals surface area contributed by atoms with Gasteiger partial charge >= 0.3 is 0 Å². The maximum atomic E-state index is 11.4. The Kier molecular flexibility index (Phi) is 11.6. The van der Waals surface area contributed by atoms with Gasteiger partial charge in [-0.15, -0.1) is 0 Å². The fraction of sp³-hybridized carbons (Fsp3) is 0.545. The number of rotatable bonds is 15. The molecule has 1 aliphatic rings. The Bertz CT molecular complexity index is 655. The van der Waals surface area contributed by atoms with Gasteiger partial charge in [0.1, 0.15) is 5.75 Å². The van der Waals surface area contributed by atoms with Crippen LogP contribution in [-0.2, 0) is 14.3 Å². The third-order valence-corrected chi connectivity index (χ3v) is 5.52. The maximum Gasteiger partial charge on any atom is 0.253 e. The van der Waals surface area contributed by atoms with Gasteiger partial charge in [-0.3, -0.25) is 14.5 Å². The van der Waals surface area contributed by atoms with Crippen LogP contribution < -0.4 is 4.74 Å². The molecule has 1 aromatic rings. The lowest BCUT2D eigenvalue weighted by Gasteiger charge is -2.13. The lowest BCUT2D eigenvalue weighted by Crippen LogP contribution is -2.30. The average Bonchev–Trinajstić information content (AvgIpc) is 2.99. The van der Waals surface area contributed by atoms with Gasteiger partial charge in [-0.05, 0) is 50.3 Å². The van der Waals surface area contributed by atoms with Crippen molar-refractivity contribution in [2.75, 3.05) is 26.4 Å². The van der Waals surface area contributed by atoms with Crippen molar-refractivity contribution >= 4 is 43.7 Å². The van der Waals surface area contributed by atoms with Gasteiger partial charge < -0.3 is 9.47 Å². The van der Waals surface area contributed by atoms with Crippen LogP contribution in [0.25, 0.3) is 0 Å². The number of ether oxygens (including phenoxy) is 2. The Balaban J connectivity index is 1.33. The van der Waals surface area contributed by atoms with Crippen molar-refractivity contribution in [2.24, 2.45) is 0 Å². The molecular formula is C22H29Br2NO4. The quantitative estimate of drug-likeness (QED) is 0.217. The number of hydrogen-bond donors (Lipinski definition) is 0. The Morgan fingerprint density at radius 2 is 1.21 bits per heavy atom. The zero-order valence-electron chi connectivity index (χ0n) is 16.7. The van der Waals surface area contributed by atoms with Gasteiger partial charge in [0, 0.05) is 40.9 Å². The number of carbonyl (C=O) groups excluding carboxylic acids is 2. The molecule has 0 saturated heterocycles. The first kappa shape index (κ1) is 24.1. The van der Waals surface area contributed by atoms with E-state index >= 15 is 0 Å². The standard InChI is InChI=1S/C22H29Br2NO4/c23-18-15-19(24)17-20(16-18)29-14-8-4-3-7-13-28-12-6-2-1-5-11-25-21(26)9-10-22(25)27/h9-10,15-17H,1-8,11-14H2. The number of halogens is 2. The van der Waals surface area contributed by atoms with Crippen molar-refractivity contribution in [3.63, 3.8) is 0 Å². The summed E-state index contributed by atoms with van der Waals surface area (Å²) in [5.41, 5.74) is 0. The molecule has 0 N–H and O–H groups in total. The molecule has 0 bridgehead atoms. The van der Waals surface area contributed by atoms with Gasteiger partial charge in [0.05, 0.1) is 6.61 Å². The SMILES string of the molecule is O=C1C=CC(=O)N1CCCCCCOCCCCCCOc1cc(Br)cc(Br)c1. The van der Waals surface area contributed by atoms with E-state index in [0.717, 1.165) is 85.9 Å². The molecule has 160 valence electrons. The van der Waals surface area contributed by atoms with E-state index in [4.69, 9.17) is 9.47 Å². The van der Waals surface area contributed by atoms with Crippen molar-refractivity contribution in [1.82, 2.24) is 4.90 Å². The molecule has 0 saturated carbocycles. The second-order valence-electron chi connectivity index (χ2n) is 7.06. The van der Waals surface area contributed by atoms with Crippen LogP contribution in [-0.4, -0.2) is 43.1 Å². The van der Waals surface area contributed by atoms with Crippen molar-refractivity contribution < 1.29 is 19.1 Å². The third-order valence-electron chi connectivity index (χ3n) is 4.61. The van der Waals surface area contributed by atoms with E-state index < -0.39 is 0 Å². The molecule has 0 aromatic heterocycles. The summed E-state index contributed by atoms with van der Waals surface area (Å²) in [6.07, 6.45) is 11.0. The highest BCUT2D eigenvalue weighted by atomic mass is 79.9. The lowest BCUT2D eigenvalue weighted by molar-refractivity contribution is -0.136. The fourth-order valence-corrected chi connectivity index (χ4v) is 4.29. The molecule has 2 rings (SSSR count). The second kappa shape index (κ2) is 13.9. The molecule has 5 nitrogen and oxygen atoms in total. The van der Waals surface area contributed by atoms with Crippen molar-refractivity contribution in [3.8, 4) is 5.75 Å². The third kappa shape index (κ3) is 9.92. The number of carbonyl (C=O) groups is 2. The topological polar surface area (TPSA) is 55.8 Å². The normalized spacial score (nSPS) is 13.5. The minimum atomic E-state index is -0.189. The van der Waals surface area contributed by atoms with Crippen LogP contribution in [0.3, 0.4) is 0 Å². The summed E-state index contributed by atoms with van der Waals surface area (Å²) >= 11 is 6.92. The average molecular weight is 531 g/mol. The zero-order chi connectivity index (χ0) is 20.9. The summed E-state index contributed by atoms with van der Waals surface area (Å²) in [6.45, 7) is 2.84. The number of unbranched alkanes of at least 4 members (excludes halogenated alkanes) is 6. The minimum Gasteiger partial charge on any atom is -0.494 e. The van der Waals surface area contributed by atoms with Crippen LogP contribution in [0.4, 0.5) is 0 Å². The fourth-order valence-electron chi connectivity index (χ4n) is 3.04. The maximum absolute atomic E-state index is 11.4. The zero-order valence-corrected chi connectivity index (χ0v) is 19.9. The van der Waals surface area contributed by atoms with Crippen molar-refractivity contribution in [1.29, 1.82) is 0 Å². The summed E-state index contributed by atoms with van der Waals surface area (Å²) in [5, 5.41) is 0. The Hall–Kier alpha value is -1.18.